The minimum Gasteiger partial charge on any atom is -0.493 e. The second-order valence-corrected chi connectivity index (χ2v) is 6.35. The van der Waals surface area contributed by atoms with E-state index in [9.17, 15) is 4.79 Å². The number of carbonyl (C=O) groups excluding carboxylic acids is 1. The molecule has 0 radical (unpaired) electrons. The molecule has 0 atom stereocenters. The fraction of sp³-hybridized carbons (Fsp3) is 0.316. The third-order valence-electron chi connectivity index (χ3n) is 3.60. The van der Waals surface area contributed by atoms with Crippen LogP contribution in [0.2, 0.25) is 0 Å². The molecule has 0 aliphatic rings. The molecule has 0 fully saturated rings. The first-order chi connectivity index (χ1) is 11.7. The maximum absolute atomic E-state index is 11.7. The Morgan fingerprint density at radius 2 is 1.75 bits per heavy atom. The standard InChI is InChI=1S/C19H23BrN2O2/c1-15-7-2-5-10-18(15)24-14-6-12-21-19(23)22-13-11-16-8-3-4-9-17(16)20/h2-5,7-10H,6,11-14H2,1H3,(H2,21,22,23). The maximum atomic E-state index is 11.7. The van der Waals surface area contributed by atoms with Crippen molar-refractivity contribution in [2.45, 2.75) is 19.8 Å². The van der Waals surface area contributed by atoms with Crippen LogP contribution in [-0.2, 0) is 6.42 Å². The van der Waals surface area contributed by atoms with Crippen LogP contribution >= 0.6 is 15.9 Å². The highest BCUT2D eigenvalue weighted by molar-refractivity contribution is 9.10. The zero-order chi connectivity index (χ0) is 17.2. The smallest absolute Gasteiger partial charge is 0.314 e. The van der Waals surface area contributed by atoms with Gasteiger partial charge in [0.1, 0.15) is 5.75 Å². The number of hydrogen-bond acceptors (Lipinski definition) is 2. The number of para-hydroxylation sites is 1. The Bertz CT molecular complexity index is 661. The number of rotatable bonds is 8. The molecule has 128 valence electrons. The summed E-state index contributed by atoms with van der Waals surface area (Å²) < 4.78 is 6.76. The first-order valence-corrected chi connectivity index (χ1v) is 8.89. The van der Waals surface area contributed by atoms with E-state index in [0.29, 0.717) is 19.7 Å². The van der Waals surface area contributed by atoms with Crippen molar-refractivity contribution in [3.63, 3.8) is 0 Å². The predicted octanol–water partition coefficient (Wildman–Crippen LogP) is 4.07. The molecule has 5 heteroatoms. The van der Waals surface area contributed by atoms with E-state index < -0.39 is 0 Å². The van der Waals surface area contributed by atoms with Crippen molar-refractivity contribution in [1.29, 1.82) is 0 Å². The summed E-state index contributed by atoms with van der Waals surface area (Å²) in [5, 5.41) is 5.71. The second kappa shape index (κ2) is 9.98. The molecule has 0 saturated carbocycles. The van der Waals surface area contributed by atoms with Crippen LogP contribution in [-0.4, -0.2) is 25.7 Å². The third-order valence-corrected chi connectivity index (χ3v) is 4.37. The molecular formula is C19H23BrN2O2. The Morgan fingerprint density at radius 1 is 1.04 bits per heavy atom. The quantitative estimate of drug-likeness (QED) is 0.667. The normalized spacial score (nSPS) is 10.2. The molecule has 0 aliphatic carbocycles. The van der Waals surface area contributed by atoms with Gasteiger partial charge in [-0.15, -0.1) is 0 Å². The van der Waals surface area contributed by atoms with E-state index >= 15 is 0 Å². The Morgan fingerprint density at radius 3 is 2.54 bits per heavy atom. The summed E-state index contributed by atoms with van der Waals surface area (Å²) in [6.07, 6.45) is 1.57. The Hall–Kier alpha value is -2.01. The van der Waals surface area contributed by atoms with Gasteiger partial charge in [-0.3, -0.25) is 0 Å². The number of nitrogens with one attached hydrogen (secondary N) is 2. The lowest BCUT2D eigenvalue weighted by Gasteiger charge is -2.10. The van der Waals surface area contributed by atoms with Gasteiger partial charge < -0.3 is 15.4 Å². The summed E-state index contributed by atoms with van der Waals surface area (Å²) in [4.78, 5) is 11.7. The molecule has 2 aromatic carbocycles. The summed E-state index contributed by atoms with van der Waals surface area (Å²) in [5.74, 6) is 0.899. The van der Waals surface area contributed by atoms with Crippen molar-refractivity contribution in [1.82, 2.24) is 10.6 Å². The molecule has 24 heavy (non-hydrogen) atoms. The predicted molar refractivity (Wildman–Crippen MR) is 101 cm³/mol. The van der Waals surface area contributed by atoms with Gasteiger partial charge in [-0.25, -0.2) is 4.79 Å². The maximum Gasteiger partial charge on any atom is 0.314 e. The largest absolute Gasteiger partial charge is 0.493 e. The number of hydrogen-bond donors (Lipinski definition) is 2. The van der Waals surface area contributed by atoms with Crippen LogP contribution < -0.4 is 15.4 Å². The molecule has 2 N–H and O–H groups in total. The molecule has 0 aromatic heterocycles. The lowest BCUT2D eigenvalue weighted by atomic mass is 10.1. The number of benzene rings is 2. The first-order valence-electron chi connectivity index (χ1n) is 8.10. The summed E-state index contributed by atoms with van der Waals surface area (Å²) in [6, 6.07) is 15.8. The molecule has 0 bridgehead atoms. The van der Waals surface area contributed by atoms with Crippen LogP contribution in [0.4, 0.5) is 4.79 Å². The lowest BCUT2D eigenvalue weighted by molar-refractivity contribution is 0.239. The fourth-order valence-corrected chi connectivity index (χ4v) is 2.73. The van der Waals surface area contributed by atoms with E-state index in [1.54, 1.807) is 0 Å². The lowest BCUT2D eigenvalue weighted by Crippen LogP contribution is -2.37. The van der Waals surface area contributed by atoms with Crippen LogP contribution in [0, 0.1) is 6.92 Å². The second-order valence-electron chi connectivity index (χ2n) is 5.49. The van der Waals surface area contributed by atoms with Crippen LogP contribution in [0.15, 0.2) is 53.0 Å². The topological polar surface area (TPSA) is 50.4 Å². The average Bonchev–Trinajstić information content (AvgIpc) is 2.58. The van der Waals surface area contributed by atoms with E-state index in [0.717, 1.165) is 28.6 Å². The van der Waals surface area contributed by atoms with Gasteiger partial charge in [0.05, 0.1) is 6.61 Å². The van der Waals surface area contributed by atoms with Crippen molar-refractivity contribution in [3.8, 4) is 5.75 Å². The molecule has 0 heterocycles. The van der Waals surface area contributed by atoms with E-state index in [2.05, 4.69) is 26.6 Å². The van der Waals surface area contributed by atoms with Crippen molar-refractivity contribution >= 4 is 22.0 Å². The van der Waals surface area contributed by atoms with Gasteiger partial charge in [-0.2, -0.15) is 0 Å². The molecule has 4 nitrogen and oxygen atoms in total. The van der Waals surface area contributed by atoms with Crippen LogP contribution in [0.5, 0.6) is 5.75 Å². The summed E-state index contributed by atoms with van der Waals surface area (Å²) in [5.41, 5.74) is 2.31. The van der Waals surface area contributed by atoms with Crippen molar-refractivity contribution in [2.75, 3.05) is 19.7 Å². The number of aryl methyl sites for hydroxylation is 1. The van der Waals surface area contributed by atoms with Crippen molar-refractivity contribution in [3.05, 3.63) is 64.1 Å². The fourth-order valence-electron chi connectivity index (χ4n) is 2.25. The molecule has 0 spiro atoms. The van der Waals surface area contributed by atoms with E-state index in [-0.39, 0.29) is 6.03 Å². The van der Waals surface area contributed by atoms with Gasteiger partial charge in [-0.05, 0) is 43.0 Å². The number of carbonyl (C=O) groups is 1. The summed E-state index contributed by atoms with van der Waals surface area (Å²) >= 11 is 3.50. The monoisotopic (exact) mass is 390 g/mol. The number of ether oxygens (including phenoxy) is 1. The van der Waals surface area contributed by atoms with Gasteiger partial charge >= 0.3 is 6.03 Å². The SMILES string of the molecule is Cc1ccccc1OCCCNC(=O)NCCc1ccccc1Br. The zero-order valence-electron chi connectivity index (χ0n) is 13.8. The minimum atomic E-state index is -0.141. The molecule has 2 aromatic rings. The highest BCUT2D eigenvalue weighted by Crippen LogP contribution is 2.16. The summed E-state index contributed by atoms with van der Waals surface area (Å²) in [7, 11) is 0. The average molecular weight is 391 g/mol. The van der Waals surface area contributed by atoms with Crippen molar-refractivity contribution in [2.24, 2.45) is 0 Å². The van der Waals surface area contributed by atoms with Gasteiger partial charge in [0.25, 0.3) is 0 Å². The van der Waals surface area contributed by atoms with Gasteiger partial charge in [0.2, 0.25) is 0 Å². The molecule has 2 amide bonds. The minimum absolute atomic E-state index is 0.141. The van der Waals surface area contributed by atoms with Gasteiger partial charge in [0, 0.05) is 17.6 Å². The Kier molecular flexibility index (Phi) is 7.62. The Balaban J connectivity index is 1.55. The van der Waals surface area contributed by atoms with E-state index in [4.69, 9.17) is 4.74 Å². The first kappa shape index (κ1) is 18.3. The molecule has 0 saturated heterocycles. The van der Waals surface area contributed by atoms with E-state index in [1.165, 1.54) is 5.56 Å². The van der Waals surface area contributed by atoms with E-state index in [1.807, 2.05) is 55.5 Å². The highest BCUT2D eigenvalue weighted by atomic mass is 79.9. The van der Waals surface area contributed by atoms with Gasteiger partial charge in [0.15, 0.2) is 0 Å². The summed E-state index contributed by atoms with van der Waals surface area (Å²) in [6.45, 7) is 3.80. The van der Waals surface area contributed by atoms with Crippen molar-refractivity contribution < 1.29 is 9.53 Å². The zero-order valence-corrected chi connectivity index (χ0v) is 15.4. The number of halogens is 1. The number of urea groups is 1. The van der Waals surface area contributed by atoms with Crippen LogP contribution in [0.1, 0.15) is 17.5 Å². The van der Waals surface area contributed by atoms with Gasteiger partial charge in [-0.1, -0.05) is 52.3 Å². The van der Waals surface area contributed by atoms with Crippen LogP contribution in [0.25, 0.3) is 0 Å². The van der Waals surface area contributed by atoms with Crippen LogP contribution in [0.3, 0.4) is 0 Å². The third kappa shape index (κ3) is 6.24. The molecular weight excluding hydrogens is 368 g/mol. The molecule has 0 aliphatic heterocycles. The molecule has 0 unspecified atom stereocenters. The number of amides is 2. The Labute approximate surface area is 151 Å². The molecule has 2 rings (SSSR count). The highest BCUT2D eigenvalue weighted by Gasteiger charge is 2.02.